The number of aromatic nitrogens is 2. The number of thiophene rings is 1. The first kappa shape index (κ1) is 22.9. The van der Waals surface area contributed by atoms with Crippen LogP contribution in [0.1, 0.15) is 57.6 Å². The SMILES string of the molecule is CCCOC(=O)c1c(NC(=O)C(C)n2ncc(Cl)c2C)sc(C(=O)N(C)C)c1C. The van der Waals surface area contributed by atoms with Crippen LogP contribution in [0.15, 0.2) is 6.20 Å². The van der Waals surface area contributed by atoms with Gasteiger partial charge in [-0.3, -0.25) is 14.3 Å². The number of carbonyl (C=O) groups excluding carboxylic acids is 3. The Morgan fingerprint density at radius 2 is 2.00 bits per heavy atom. The minimum Gasteiger partial charge on any atom is -0.462 e. The Bertz CT molecular complexity index is 935. The van der Waals surface area contributed by atoms with Crippen molar-refractivity contribution in [2.75, 3.05) is 26.0 Å². The maximum Gasteiger partial charge on any atom is 0.341 e. The molecule has 0 radical (unpaired) electrons. The highest BCUT2D eigenvalue weighted by molar-refractivity contribution is 7.18. The van der Waals surface area contributed by atoms with Crippen LogP contribution in [0.2, 0.25) is 5.02 Å². The molecule has 0 saturated heterocycles. The Morgan fingerprint density at radius 3 is 2.52 bits per heavy atom. The van der Waals surface area contributed by atoms with Crippen molar-refractivity contribution in [3.8, 4) is 0 Å². The number of nitrogens with one attached hydrogen (secondary N) is 1. The van der Waals surface area contributed by atoms with E-state index >= 15 is 0 Å². The summed E-state index contributed by atoms with van der Waals surface area (Å²) in [6.45, 7) is 7.24. The fraction of sp³-hybridized carbons (Fsp3) is 0.474. The highest BCUT2D eigenvalue weighted by atomic mass is 35.5. The van der Waals surface area contributed by atoms with Gasteiger partial charge in [0.1, 0.15) is 11.0 Å². The van der Waals surface area contributed by atoms with Gasteiger partial charge in [0.25, 0.3) is 5.91 Å². The molecule has 0 bridgehead atoms. The first-order chi connectivity index (χ1) is 13.6. The first-order valence-electron chi connectivity index (χ1n) is 9.12. The fourth-order valence-electron chi connectivity index (χ4n) is 2.64. The molecule has 0 aliphatic heterocycles. The highest BCUT2D eigenvalue weighted by Crippen LogP contribution is 2.35. The van der Waals surface area contributed by atoms with Crippen molar-refractivity contribution >= 4 is 45.7 Å². The van der Waals surface area contributed by atoms with E-state index in [1.54, 1.807) is 34.9 Å². The van der Waals surface area contributed by atoms with Crippen LogP contribution in [0.25, 0.3) is 0 Å². The zero-order chi connectivity index (χ0) is 21.9. The van der Waals surface area contributed by atoms with E-state index in [1.165, 1.54) is 15.8 Å². The average molecular weight is 441 g/mol. The fourth-order valence-corrected chi connectivity index (χ4v) is 3.99. The number of anilines is 1. The zero-order valence-corrected chi connectivity index (χ0v) is 18.9. The molecule has 2 heterocycles. The van der Waals surface area contributed by atoms with Gasteiger partial charge in [0.2, 0.25) is 5.91 Å². The van der Waals surface area contributed by atoms with Gasteiger partial charge in [-0.25, -0.2) is 4.79 Å². The van der Waals surface area contributed by atoms with Crippen molar-refractivity contribution in [2.45, 2.75) is 40.2 Å². The molecule has 158 valence electrons. The molecular weight excluding hydrogens is 416 g/mol. The van der Waals surface area contributed by atoms with Gasteiger partial charge >= 0.3 is 5.97 Å². The van der Waals surface area contributed by atoms with E-state index in [2.05, 4.69) is 10.4 Å². The van der Waals surface area contributed by atoms with E-state index in [-0.39, 0.29) is 29.0 Å². The van der Waals surface area contributed by atoms with Gasteiger partial charge in [-0.05, 0) is 32.8 Å². The molecule has 0 fully saturated rings. The summed E-state index contributed by atoms with van der Waals surface area (Å²) in [4.78, 5) is 39.7. The second-order valence-electron chi connectivity index (χ2n) is 6.78. The standard InChI is InChI=1S/C19H25ClN4O4S/c1-7-8-28-19(27)14-10(2)15(18(26)23(5)6)29-17(14)22-16(25)12(4)24-11(3)13(20)9-21-24/h9,12H,7-8H2,1-6H3,(H,22,25). The molecule has 2 aromatic heterocycles. The van der Waals surface area contributed by atoms with Crippen LogP contribution in [-0.4, -0.2) is 53.2 Å². The van der Waals surface area contributed by atoms with E-state index in [1.807, 2.05) is 6.92 Å². The van der Waals surface area contributed by atoms with Gasteiger partial charge in [0.05, 0.1) is 34.0 Å². The number of hydrogen-bond acceptors (Lipinski definition) is 6. The predicted octanol–water partition coefficient (Wildman–Crippen LogP) is 3.68. The molecular formula is C19H25ClN4O4S. The average Bonchev–Trinajstić information content (AvgIpc) is 3.17. The number of esters is 1. The van der Waals surface area contributed by atoms with Crippen molar-refractivity contribution in [1.82, 2.24) is 14.7 Å². The molecule has 0 spiro atoms. The number of ether oxygens (including phenoxy) is 1. The quantitative estimate of drug-likeness (QED) is 0.663. The molecule has 10 heteroatoms. The largest absolute Gasteiger partial charge is 0.462 e. The maximum absolute atomic E-state index is 12.8. The number of amides is 2. The second kappa shape index (κ2) is 9.41. The smallest absolute Gasteiger partial charge is 0.341 e. The molecule has 2 amide bonds. The molecule has 0 saturated carbocycles. The molecule has 0 aliphatic rings. The first-order valence-corrected chi connectivity index (χ1v) is 10.3. The zero-order valence-electron chi connectivity index (χ0n) is 17.3. The molecule has 2 aromatic rings. The van der Waals surface area contributed by atoms with Crippen LogP contribution in [0, 0.1) is 13.8 Å². The number of rotatable bonds is 7. The van der Waals surface area contributed by atoms with Gasteiger partial charge in [-0.1, -0.05) is 18.5 Å². The van der Waals surface area contributed by atoms with Crippen LogP contribution in [0.5, 0.6) is 0 Å². The van der Waals surface area contributed by atoms with E-state index < -0.39 is 12.0 Å². The van der Waals surface area contributed by atoms with Crippen LogP contribution in [0.4, 0.5) is 5.00 Å². The topological polar surface area (TPSA) is 93.5 Å². The molecule has 8 nitrogen and oxygen atoms in total. The van der Waals surface area contributed by atoms with Gasteiger partial charge in [-0.2, -0.15) is 5.10 Å². The molecule has 1 unspecified atom stereocenters. The number of carbonyl (C=O) groups is 3. The minimum absolute atomic E-state index is 0.199. The lowest BCUT2D eigenvalue weighted by atomic mass is 10.1. The van der Waals surface area contributed by atoms with E-state index in [0.29, 0.717) is 27.6 Å². The Morgan fingerprint density at radius 1 is 1.34 bits per heavy atom. The third-order valence-electron chi connectivity index (χ3n) is 4.36. The summed E-state index contributed by atoms with van der Waals surface area (Å²) in [5, 5.41) is 7.62. The minimum atomic E-state index is -0.669. The summed E-state index contributed by atoms with van der Waals surface area (Å²) < 4.78 is 6.76. The van der Waals surface area contributed by atoms with E-state index in [0.717, 1.165) is 11.3 Å². The predicted molar refractivity (Wildman–Crippen MR) is 113 cm³/mol. The Hall–Kier alpha value is -2.39. The Kier molecular flexibility index (Phi) is 7.43. The van der Waals surface area contributed by atoms with E-state index in [4.69, 9.17) is 16.3 Å². The molecule has 1 atom stereocenters. The summed E-state index contributed by atoms with van der Waals surface area (Å²) in [7, 11) is 3.25. The molecule has 1 N–H and O–H groups in total. The normalized spacial score (nSPS) is 11.8. The molecule has 0 aromatic carbocycles. The lowest BCUT2D eigenvalue weighted by molar-refractivity contribution is -0.119. The number of hydrogen-bond donors (Lipinski definition) is 1. The van der Waals surface area contributed by atoms with Crippen molar-refractivity contribution in [2.24, 2.45) is 0 Å². The van der Waals surface area contributed by atoms with Gasteiger partial charge < -0.3 is 15.0 Å². The van der Waals surface area contributed by atoms with Crippen molar-refractivity contribution in [1.29, 1.82) is 0 Å². The number of halogens is 1. The monoisotopic (exact) mass is 440 g/mol. The van der Waals surface area contributed by atoms with Crippen LogP contribution < -0.4 is 5.32 Å². The summed E-state index contributed by atoms with van der Waals surface area (Å²) in [6.07, 6.45) is 2.13. The Balaban J connectivity index is 2.40. The van der Waals surface area contributed by atoms with Crippen molar-refractivity contribution in [3.05, 3.63) is 32.9 Å². The van der Waals surface area contributed by atoms with Gasteiger partial charge in [0.15, 0.2) is 0 Å². The van der Waals surface area contributed by atoms with Gasteiger partial charge in [-0.15, -0.1) is 11.3 Å². The lowest BCUT2D eigenvalue weighted by Gasteiger charge is -2.14. The Labute approximate surface area is 178 Å². The molecule has 2 rings (SSSR count). The van der Waals surface area contributed by atoms with Crippen LogP contribution >= 0.6 is 22.9 Å². The summed E-state index contributed by atoms with van der Waals surface area (Å²) >= 11 is 7.08. The summed E-state index contributed by atoms with van der Waals surface area (Å²) in [6, 6.07) is -0.669. The summed E-state index contributed by atoms with van der Waals surface area (Å²) in [5.74, 6) is -1.21. The van der Waals surface area contributed by atoms with Crippen molar-refractivity contribution in [3.63, 3.8) is 0 Å². The third kappa shape index (κ3) is 4.79. The van der Waals surface area contributed by atoms with E-state index in [9.17, 15) is 14.4 Å². The summed E-state index contributed by atoms with van der Waals surface area (Å²) in [5.41, 5.74) is 1.34. The van der Waals surface area contributed by atoms with Crippen LogP contribution in [0.3, 0.4) is 0 Å². The molecule has 0 aliphatic carbocycles. The highest BCUT2D eigenvalue weighted by Gasteiger charge is 2.29. The van der Waals surface area contributed by atoms with Crippen LogP contribution in [-0.2, 0) is 9.53 Å². The number of nitrogens with zero attached hydrogens (tertiary/aromatic N) is 3. The lowest BCUT2D eigenvalue weighted by Crippen LogP contribution is -2.25. The third-order valence-corrected chi connectivity index (χ3v) is 5.92. The second-order valence-corrected chi connectivity index (χ2v) is 8.21. The maximum atomic E-state index is 12.8. The molecule has 29 heavy (non-hydrogen) atoms. The van der Waals surface area contributed by atoms with Crippen molar-refractivity contribution < 1.29 is 19.1 Å². The van der Waals surface area contributed by atoms with Gasteiger partial charge in [0, 0.05) is 14.1 Å².